The number of aromatic nitrogens is 3. The molecule has 0 bridgehead atoms. The van der Waals surface area contributed by atoms with Crippen LogP contribution in [0.15, 0.2) is 46.8 Å². The lowest BCUT2D eigenvalue weighted by Gasteiger charge is -2.06. The molecule has 1 aromatic carbocycles. The first-order valence-corrected chi connectivity index (χ1v) is 10.8. The summed E-state index contributed by atoms with van der Waals surface area (Å²) in [4.78, 5) is 36.9. The highest BCUT2D eigenvalue weighted by atomic mass is 32.2. The Balaban J connectivity index is 1.57. The predicted octanol–water partition coefficient (Wildman–Crippen LogP) is 3.74. The number of carbonyl (C=O) groups excluding carboxylic acids is 2. The molecule has 0 saturated heterocycles. The quantitative estimate of drug-likeness (QED) is 0.332. The van der Waals surface area contributed by atoms with Gasteiger partial charge in [0, 0.05) is 10.9 Å². The van der Waals surface area contributed by atoms with Crippen molar-refractivity contribution in [2.24, 2.45) is 0 Å². The normalized spacial score (nSPS) is 10.6. The van der Waals surface area contributed by atoms with E-state index in [1.165, 1.54) is 23.1 Å². The second-order valence-electron chi connectivity index (χ2n) is 5.97. The Bertz CT molecular complexity index is 992. The summed E-state index contributed by atoms with van der Waals surface area (Å²) in [6.45, 7) is 3.92. The molecule has 0 radical (unpaired) electrons. The fourth-order valence-corrected chi connectivity index (χ4v) is 3.94. The topological polar surface area (TPSA) is 94.1 Å². The summed E-state index contributed by atoms with van der Waals surface area (Å²) in [5.74, 6) is 0.319. The number of thioether (sulfide) groups is 1. The van der Waals surface area contributed by atoms with Crippen LogP contribution in [-0.2, 0) is 20.7 Å². The van der Waals surface area contributed by atoms with E-state index in [2.05, 4.69) is 20.3 Å². The Morgan fingerprint density at radius 1 is 1.17 bits per heavy atom. The summed E-state index contributed by atoms with van der Waals surface area (Å²) >= 11 is 2.61. The third-order valence-corrected chi connectivity index (χ3v) is 5.38. The minimum absolute atomic E-state index is 0.0947. The lowest BCUT2D eigenvalue weighted by Crippen LogP contribution is -2.14. The molecule has 0 aliphatic heterocycles. The van der Waals surface area contributed by atoms with Gasteiger partial charge in [0.2, 0.25) is 5.91 Å². The Morgan fingerprint density at radius 3 is 2.72 bits per heavy atom. The SMILES string of the molecule is CCOC(=O)Cc1csc(NC(=O)CSc2cc(-c3ccccc3)nc(C)n2)n1. The number of benzene rings is 1. The van der Waals surface area contributed by atoms with E-state index in [1.54, 1.807) is 12.3 Å². The van der Waals surface area contributed by atoms with E-state index >= 15 is 0 Å². The van der Waals surface area contributed by atoms with Crippen LogP contribution in [-0.4, -0.2) is 39.2 Å². The zero-order chi connectivity index (χ0) is 20.6. The second-order valence-corrected chi connectivity index (χ2v) is 7.82. The molecule has 0 aliphatic rings. The lowest BCUT2D eigenvalue weighted by atomic mass is 10.1. The van der Waals surface area contributed by atoms with Gasteiger partial charge >= 0.3 is 5.97 Å². The van der Waals surface area contributed by atoms with Crippen LogP contribution in [0.1, 0.15) is 18.4 Å². The Kier molecular flexibility index (Phi) is 7.31. The number of carbonyl (C=O) groups is 2. The van der Waals surface area contributed by atoms with Crippen LogP contribution < -0.4 is 5.32 Å². The van der Waals surface area contributed by atoms with Crippen LogP contribution in [0.4, 0.5) is 5.13 Å². The fraction of sp³-hybridized carbons (Fsp3) is 0.250. The van der Waals surface area contributed by atoms with E-state index in [-0.39, 0.29) is 24.1 Å². The summed E-state index contributed by atoms with van der Waals surface area (Å²) in [6.07, 6.45) is 0.0947. The van der Waals surface area contributed by atoms with Gasteiger partial charge in [-0.1, -0.05) is 42.1 Å². The van der Waals surface area contributed by atoms with Gasteiger partial charge in [0.15, 0.2) is 5.13 Å². The number of hydrogen-bond acceptors (Lipinski definition) is 8. The molecule has 0 aliphatic carbocycles. The molecule has 3 aromatic rings. The minimum Gasteiger partial charge on any atom is -0.466 e. The second kappa shape index (κ2) is 10.1. The lowest BCUT2D eigenvalue weighted by molar-refractivity contribution is -0.142. The molecule has 0 fully saturated rings. The van der Waals surface area contributed by atoms with E-state index in [0.29, 0.717) is 23.3 Å². The van der Waals surface area contributed by atoms with E-state index < -0.39 is 0 Å². The number of anilines is 1. The molecule has 0 unspecified atom stereocenters. The van der Waals surface area contributed by atoms with Crippen molar-refractivity contribution in [1.82, 2.24) is 15.0 Å². The van der Waals surface area contributed by atoms with Crippen molar-refractivity contribution >= 4 is 40.1 Å². The molecule has 0 spiro atoms. The van der Waals surface area contributed by atoms with Gasteiger partial charge in [-0.2, -0.15) is 0 Å². The maximum Gasteiger partial charge on any atom is 0.311 e. The molecule has 7 nitrogen and oxygen atoms in total. The van der Waals surface area contributed by atoms with Gasteiger partial charge in [-0.25, -0.2) is 15.0 Å². The van der Waals surface area contributed by atoms with Crippen LogP contribution in [0.25, 0.3) is 11.3 Å². The molecule has 150 valence electrons. The Morgan fingerprint density at radius 2 is 1.97 bits per heavy atom. The minimum atomic E-state index is -0.334. The average molecular weight is 429 g/mol. The maximum atomic E-state index is 12.3. The van der Waals surface area contributed by atoms with Gasteiger partial charge in [-0.15, -0.1) is 11.3 Å². The first-order valence-electron chi connectivity index (χ1n) is 8.97. The highest BCUT2D eigenvalue weighted by Crippen LogP contribution is 2.23. The molecule has 1 N–H and O–H groups in total. The fourth-order valence-electron chi connectivity index (χ4n) is 2.47. The van der Waals surface area contributed by atoms with Gasteiger partial charge in [0.05, 0.1) is 30.2 Å². The molecule has 3 rings (SSSR count). The summed E-state index contributed by atoms with van der Waals surface area (Å²) in [7, 11) is 0. The first kappa shape index (κ1) is 20.9. The summed E-state index contributed by atoms with van der Waals surface area (Å²) in [5, 5.41) is 5.67. The number of nitrogens with zero attached hydrogens (tertiary/aromatic N) is 3. The van der Waals surface area contributed by atoms with Crippen LogP contribution >= 0.6 is 23.1 Å². The molecule has 9 heteroatoms. The molecule has 0 atom stereocenters. The number of thiazole rings is 1. The van der Waals surface area contributed by atoms with Crippen molar-refractivity contribution in [2.75, 3.05) is 17.7 Å². The summed E-state index contributed by atoms with van der Waals surface area (Å²) in [5.41, 5.74) is 2.40. The molecule has 2 heterocycles. The number of nitrogens with one attached hydrogen (secondary N) is 1. The van der Waals surface area contributed by atoms with E-state index in [0.717, 1.165) is 16.3 Å². The van der Waals surface area contributed by atoms with Crippen molar-refractivity contribution in [3.63, 3.8) is 0 Å². The number of esters is 1. The van der Waals surface area contributed by atoms with Crippen molar-refractivity contribution in [3.05, 3.63) is 53.3 Å². The number of amides is 1. The number of hydrogen-bond donors (Lipinski definition) is 1. The Hall–Kier alpha value is -2.78. The Labute approximate surface area is 177 Å². The number of rotatable bonds is 8. The summed E-state index contributed by atoms with van der Waals surface area (Å²) < 4.78 is 4.90. The van der Waals surface area contributed by atoms with Crippen LogP contribution in [0.5, 0.6) is 0 Å². The standard InChI is InChI=1S/C20H20N4O3S2/c1-3-27-19(26)9-15-11-29-20(23-15)24-17(25)12-28-18-10-16(21-13(2)22-18)14-7-5-4-6-8-14/h4-8,10-11H,3,9,12H2,1-2H3,(H,23,24,25). The maximum absolute atomic E-state index is 12.3. The molecular weight excluding hydrogens is 408 g/mol. The average Bonchev–Trinajstić information content (AvgIpc) is 3.13. The molecule has 1 amide bonds. The van der Waals surface area contributed by atoms with Crippen molar-refractivity contribution in [1.29, 1.82) is 0 Å². The van der Waals surface area contributed by atoms with Gasteiger partial charge in [0.1, 0.15) is 10.9 Å². The third-order valence-electron chi connectivity index (χ3n) is 3.66. The highest BCUT2D eigenvalue weighted by Gasteiger charge is 2.12. The molecule has 29 heavy (non-hydrogen) atoms. The van der Waals surface area contributed by atoms with Crippen molar-refractivity contribution < 1.29 is 14.3 Å². The van der Waals surface area contributed by atoms with E-state index in [1.807, 2.05) is 43.3 Å². The van der Waals surface area contributed by atoms with Crippen molar-refractivity contribution in [3.8, 4) is 11.3 Å². The van der Waals surface area contributed by atoms with Gasteiger partial charge in [-0.05, 0) is 19.9 Å². The number of aryl methyl sites for hydroxylation is 1. The predicted molar refractivity (Wildman–Crippen MR) is 114 cm³/mol. The van der Waals surface area contributed by atoms with Crippen LogP contribution in [0.3, 0.4) is 0 Å². The highest BCUT2D eigenvalue weighted by molar-refractivity contribution is 7.99. The zero-order valence-corrected chi connectivity index (χ0v) is 17.7. The monoisotopic (exact) mass is 428 g/mol. The smallest absolute Gasteiger partial charge is 0.311 e. The van der Waals surface area contributed by atoms with Gasteiger partial charge < -0.3 is 10.1 Å². The largest absolute Gasteiger partial charge is 0.466 e. The van der Waals surface area contributed by atoms with E-state index in [9.17, 15) is 9.59 Å². The summed E-state index contributed by atoms with van der Waals surface area (Å²) in [6, 6.07) is 11.7. The molecular formula is C20H20N4O3S2. The molecule has 0 saturated carbocycles. The van der Waals surface area contributed by atoms with Gasteiger partial charge in [-0.3, -0.25) is 9.59 Å². The van der Waals surface area contributed by atoms with Gasteiger partial charge in [0.25, 0.3) is 0 Å². The third kappa shape index (κ3) is 6.37. The first-order chi connectivity index (χ1) is 14.0. The molecule has 2 aromatic heterocycles. The van der Waals surface area contributed by atoms with Crippen LogP contribution in [0.2, 0.25) is 0 Å². The van der Waals surface area contributed by atoms with E-state index in [4.69, 9.17) is 4.74 Å². The zero-order valence-electron chi connectivity index (χ0n) is 16.0. The number of ether oxygens (including phenoxy) is 1. The van der Waals surface area contributed by atoms with Crippen molar-refractivity contribution in [2.45, 2.75) is 25.3 Å². The van der Waals surface area contributed by atoms with Crippen LogP contribution in [0, 0.1) is 6.92 Å².